The third-order valence-electron chi connectivity index (χ3n) is 3.40. The molecule has 88 valence electrons. The van der Waals surface area contributed by atoms with E-state index >= 15 is 0 Å². The highest BCUT2D eigenvalue weighted by molar-refractivity contribution is 6.30. The Morgan fingerprint density at radius 3 is 2.56 bits per heavy atom. The number of halogens is 1. The summed E-state index contributed by atoms with van der Waals surface area (Å²) in [6, 6.07) is 8.43. The lowest BCUT2D eigenvalue weighted by molar-refractivity contribution is 0.0963. The van der Waals surface area contributed by atoms with Crippen molar-refractivity contribution in [1.82, 2.24) is 5.32 Å². The van der Waals surface area contributed by atoms with Crippen LogP contribution in [0.2, 0.25) is 5.02 Å². The van der Waals surface area contributed by atoms with Gasteiger partial charge in [-0.2, -0.15) is 0 Å². The average Bonchev–Trinajstić information content (AvgIpc) is 2.69. The first-order valence-corrected chi connectivity index (χ1v) is 6.14. The minimum atomic E-state index is 0.327. The van der Waals surface area contributed by atoms with Crippen LogP contribution in [0.15, 0.2) is 24.3 Å². The van der Waals surface area contributed by atoms with Crippen LogP contribution in [0.25, 0.3) is 0 Å². The van der Waals surface area contributed by atoms with E-state index in [-0.39, 0.29) is 0 Å². The zero-order chi connectivity index (χ0) is 11.5. The van der Waals surface area contributed by atoms with Crippen molar-refractivity contribution in [3.05, 3.63) is 34.9 Å². The summed E-state index contributed by atoms with van der Waals surface area (Å²) in [4.78, 5) is 0. The summed E-state index contributed by atoms with van der Waals surface area (Å²) in [6.07, 6.45) is 1.45. The molecule has 3 unspecified atom stereocenters. The number of ether oxygens (including phenoxy) is 1. The van der Waals surface area contributed by atoms with Crippen molar-refractivity contribution in [3.63, 3.8) is 0 Å². The van der Waals surface area contributed by atoms with Crippen LogP contribution < -0.4 is 5.32 Å². The van der Waals surface area contributed by atoms with Gasteiger partial charge >= 0.3 is 0 Å². The Labute approximate surface area is 102 Å². The molecule has 3 atom stereocenters. The molecule has 1 aliphatic heterocycles. The number of hydrogen-bond donors (Lipinski definition) is 1. The molecule has 16 heavy (non-hydrogen) atoms. The van der Waals surface area contributed by atoms with E-state index in [0.29, 0.717) is 18.1 Å². The second-order valence-electron chi connectivity index (χ2n) is 4.35. The molecule has 2 nitrogen and oxygen atoms in total. The first-order chi connectivity index (χ1) is 7.72. The van der Waals surface area contributed by atoms with Crippen molar-refractivity contribution < 1.29 is 4.74 Å². The number of benzene rings is 1. The summed E-state index contributed by atoms with van der Waals surface area (Å²) in [7, 11) is 2.00. The summed E-state index contributed by atoms with van der Waals surface area (Å²) in [5.41, 5.74) is 1.29. The molecule has 1 saturated heterocycles. The Kier molecular flexibility index (Phi) is 3.85. The van der Waals surface area contributed by atoms with Crippen molar-refractivity contribution in [3.8, 4) is 0 Å². The standard InChI is InChI=1S/C13H18ClNO/c1-9-12(7-8-16-9)13(15-2)10-3-5-11(14)6-4-10/h3-6,9,12-13,15H,7-8H2,1-2H3. The molecular formula is C13H18ClNO. The molecule has 0 amide bonds. The van der Waals surface area contributed by atoms with E-state index in [0.717, 1.165) is 18.1 Å². The summed E-state index contributed by atoms with van der Waals surface area (Å²) in [5, 5.41) is 4.17. The first-order valence-electron chi connectivity index (χ1n) is 5.76. The minimum Gasteiger partial charge on any atom is -0.378 e. The Balaban J connectivity index is 2.18. The SMILES string of the molecule is CNC(c1ccc(Cl)cc1)C1CCOC1C. The second-order valence-corrected chi connectivity index (χ2v) is 4.78. The Morgan fingerprint density at radius 2 is 2.06 bits per heavy atom. The van der Waals surface area contributed by atoms with Crippen molar-refractivity contribution >= 4 is 11.6 Å². The largest absolute Gasteiger partial charge is 0.378 e. The topological polar surface area (TPSA) is 21.3 Å². The maximum Gasteiger partial charge on any atom is 0.0594 e. The van der Waals surface area contributed by atoms with Gasteiger partial charge in [-0.1, -0.05) is 23.7 Å². The zero-order valence-electron chi connectivity index (χ0n) is 9.74. The van der Waals surface area contributed by atoms with Gasteiger partial charge in [-0.3, -0.25) is 0 Å². The van der Waals surface area contributed by atoms with Gasteiger partial charge in [-0.05, 0) is 38.1 Å². The molecule has 3 heteroatoms. The van der Waals surface area contributed by atoms with E-state index in [1.165, 1.54) is 5.56 Å². The van der Waals surface area contributed by atoms with E-state index in [2.05, 4.69) is 24.4 Å². The van der Waals surface area contributed by atoms with E-state index in [1.807, 2.05) is 19.2 Å². The maximum atomic E-state index is 5.90. The second kappa shape index (κ2) is 5.17. The highest BCUT2D eigenvalue weighted by Gasteiger charge is 2.31. The molecule has 0 radical (unpaired) electrons. The van der Waals surface area contributed by atoms with Gasteiger partial charge in [-0.25, -0.2) is 0 Å². The van der Waals surface area contributed by atoms with Gasteiger partial charge in [0.05, 0.1) is 6.10 Å². The number of rotatable bonds is 3. The lowest BCUT2D eigenvalue weighted by Crippen LogP contribution is -2.29. The van der Waals surface area contributed by atoms with Crippen molar-refractivity contribution in [1.29, 1.82) is 0 Å². The van der Waals surface area contributed by atoms with Crippen LogP contribution in [-0.4, -0.2) is 19.8 Å². The molecule has 1 aromatic rings. The van der Waals surface area contributed by atoms with E-state index in [4.69, 9.17) is 16.3 Å². The van der Waals surface area contributed by atoms with Crippen LogP contribution in [0.3, 0.4) is 0 Å². The van der Waals surface area contributed by atoms with E-state index < -0.39 is 0 Å². The Bertz CT molecular complexity index is 338. The van der Waals surface area contributed by atoms with Crippen molar-refractivity contribution in [2.75, 3.05) is 13.7 Å². The highest BCUT2D eigenvalue weighted by atomic mass is 35.5. The fourth-order valence-corrected chi connectivity index (χ4v) is 2.61. The van der Waals surface area contributed by atoms with Gasteiger partial charge < -0.3 is 10.1 Å². The summed E-state index contributed by atoms with van der Waals surface area (Å²) in [5.74, 6) is 0.547. The van der Waals surface area contributed by atoms with Crippen LogP contribution in [0, 0.1) is 5.92 Å². The monoisotopic (exact) mass is 239 g/mol. The zero-order valence-corrected chi connectivity index (χ0v) is 10.5. The smallest absolute Gasteiger partial charge is 0.0594 e. The van der Waals surface area contributed by atoms with Crippen LogP contribution in [0.5, 0.6) is 0 Å². The molecule has 0 saturated carbocycles. The van der Waals surface area contributed by atoms with Gasteiger partial charge in [-0.15, -0.1) is 0 Å². The molecule has 1 heterocycles. The molecular weight excluding hydrogens is 222 g/mol. The molecule has 0 aliphatic carbocycles. The van der Waals surface area contributed by atoms with E-state index in [9.17, 15) is 0 Å². The average molecular weight is 240 g/mol. The van der Waals surface area contributed by atoms with Crippen LogP contribution in [0.4, 0.5) is 0 Å². The molecule has 1 fully saturated rings. The lowest BCUT2D eigenvalue weighted by Gasteiger charge is -2.25. The third-order valence-corrected chi connectivity index (χ3v) is 3.66. The number of hydrogen-bond acceptors (Lipinski definition) is 2. The first kappa shape index (κ1) is 11.9. The maximum absolute atomic E-state index is 5.90. The Morgan fingerprint density at radius 1 is 1.38 bits per heavy atom. The van der Waals surface area contributed by atoms with Crippen molar-refractivity contribution in [2.45, 2.75) is 25.5 Å². The fraction of sp³-hybridized carbons (Fsp3) is 0.538. The molecule has 1 N–H and O–H groups in total. The van der Waals surface area contributed by atoms with Gasteiger partial charge in [0.2, 0.25) is 0 Å². The van der Waals surface area contributed by atoms with Crippen LogP contribution in [-0.2, 0) is 4.74 Å². The van der Waals surface area contributed by atoms with Gasteiger partial charge in [0, 0.05) is 23.6 Å². The predicted molar refractivity (Wildman–Crippen MR) is 66.8 cm³/mol. The lowest BCUT2D eigenvalue weighted by atomic mass is 9.88. The molecule has 1 aromatic carbocycles. The Hall–Kier alpha value is -0.570. The van der Waals surface area contributed by atoms with Gasteiger partial charge in [0.25, 0.3) is 0 Å². The molecule has 0 spiro atoms. The van der Waals surface area contributed by atoms with Gasteiger partial charge in [0.15, 0.2) is 0 Å². The summed E-state index contributed by atoms with van der Waals surface area (Å²) in [6.45, 7) is 3.02. The van der Waals surface area contributed by atoms with Crippen molar-refractivity contribution in [2.24, 2.45) is 5.92 Å². The minimum absolute atomic E-state index is 0.327. The molecule has 2 rings (SSSR count). The molecule has 1 aliphatic rings. The fourth-order valence-electron chi connectivity index (χ4n) is 2.48. The summed E-state index contributed by atoms with van der Waals surface area (Å²) >= 11 is 5.90. The normalized spacial score (nSPS) is 26.9. The van der Waals surface area contributed by atoms with E-state index in [1.54, 1.807) is 0 Å². The van der Waals surface area contributed by atoms with Gasteiger partial charge in [0.1, 0.15) is 0 Å². The number of nitrogens with one attached hydrogen (secondary N) is 1. The molecule has 0 aromatic heterocycles. The highest BCUT2D eigenvalue weighted by Crippen LogP contribution is 2.33. The molecule has 0 bridgehead atoms. The predicted octanol–water partition coefficient (Wildman–Crippen LogP) is 3.03. The van der Waals surface area contributed by atoms with Crippen LogP contribution >= 0.6 is 11.6 Å². The van der Waals surface area contributed by atoms with Crippen LogP contribution in [0.1, 0.15) is 24.9 Å². The summed E-state index contributed by atoms with van der Waals surface area (Å²) < 4.78 is 5.63. The quantitative estimate of drug-likeness (QED) is 0.876. The third kappa shape index (κ3) is 2.40.